The largest absolute Gasteiger partial charge is 0.400 e. The molecule has 3 aromatic rings. The van der Waals surface area contributed by atoms with Gasteiger partial charge in [-0.15, -0.1) is 0 Å². The Morgan fingerprint density at radius 3 is 2.85 bits per heavy atom. The van der Waals surface area contributed by atoms with Crippen molar-refractivity contribution in [2.24, 2.45) is 10.7 Å². The minimum atomic E-state index is -0.442. The summed E-state index contributed by atoms with van der Waals surface area (Å²) in [5, 5.41) is 5.00. The molecule has 0 amide bonds. The Hall–Kier alpha value is -2.93. The van der Waals surface area contributed by atoms with Gasteiger partial charge in [-0.1, -0.05) is 30.0 Å². The van der Waals surface area contributed by atoms with Crippen molar-refractivity contribution >= 4 is 28.7 Å². The summed E-state index contributed by atoms with van der Waals surface area (Å²) in [5.41, 5.74) is 5.88. The lowest BCUT2D eigenvalue weighted by Gasteiger charge is -2.08. The average Bonchev–Trinajstić information content (AvgIpc) is 2.64. The van der Waals surface area contributed by atoms with Gasteiger partial charge in [-0.05, 0) is 30.3 Å². The predicted molar refractivity (Wildman–Crippen MR) is 103 cm³/mol. The average molecular weight is 368 g/mol. The van der Waals surface area contributed by atoms with Crippen LogP contribution in [0.4, 0.5) is 4.39 Å². The van der Waals surface area contributed by atoms with Gasteiger partial charge in [0.15, 0.2) is 0 Å². The summed E-state index contributed by atoms with van der Waals surface area (Å²) in [7, 11) is 1.62. The van der Waals surface area contributed by atoms with Crippen molar-refractivity contribution in [2.45, 2.75) is 16.3 Å². The van der Waals surface area contributed by atoms with Crippen molar-refractivity contribution in [1.82, 2.24) is 9.78 Å². The molecule has 26 heavy (non-hydrogen) atoms. The molecule has 0 aliphatic heterocycles. The van der Waals surface area contributed by atoms with E-state index < -0.39 is 5.82 Å². The fourth-order valence-corrected chi connectivity index (χ4v) is 3.28. The summed E-state index contributed by atoms with van der Waals surface area (Å²) in [5.74, 6) is -0.442. The smallest absolute Gasteiger partial charge is 0.275 e. The molecule has 5 nitrogen and oxygen atoms in total. The first-order valence-corrected chi connectivity index (χ1v) is 8.69. The molecule has 1 heterocycles. The van der Waals surface area contributed by atoms with E-state index in [1.54, 1.807) is 25.4 Å². The molecule has 0 bridgehead atoms. The molecule has 0 radical (unpaired) electrons. The lowest BCUT2D eigenvalue weighted by molar-refractivity contribution is 0.601. The van der Waals surface area contributed by atoms with Gasteiger partial charge in [0.05, 0.1) is 18.1 Å². The maximum atomic E-state index is 14.5. The van der Waals surface area contributed by atoms with Crippen LogP contribution in [0.5, 0.6) is 0 Å². The van der Waals surface area contributed by atoms with Gasteiger partial charge in [0.1, 0.15) is 5.82 Å². The Bertz CT molecular complexity index is 1040. The molecule has 0 unspecified atom stereocenters. The molecule has 0 spiro atoms. The number of hydrogen-bond donors (Lipinski definition) is 1. The van der Waals surface area contributed by atoms with Gasteiger partial charge in [0.25, 0.3) is 5.56 Å². The number of nitrogens with zero attached hydrogens (tertiary/aromatic N) is 3. The minimum Gasteiger partial charge on any atom is -0.400 e. The third-order valence-electron chi connectivity index (χ3n) is 3.65. The molecule has 0 aliphatic carbocycles. The van der Waals surface area contributed by atoms with E-state index in [0.717, 1.165) is 4.90 Å². The highest BCUT2D eigenvalue weighted by Crippen LogP contribution is 2.31. The quantitative estimate of drug-likeness (QED) is 0.702. The third-order valence-corrected chi connectivity index (χ3v) is 4.69. The van der Waals surface area contributed by atoms with Crippen LogP contribution in [0.3, 0.4) is 0 Å². The fraction of sp³-hybridized carbons (Fsp3) is 0.105. The van der Waals surface area contributed by atoms with E-state index in [0.29, 0.717) is 16.0 Å². The summed E-state index contributed by atoms with van der Waals surface area (Å²) in [4.78, 5) is 17.7. The van der Waals surface area contributed by atoms with E-state index in [4.69, 9.17) is 5.73 Å². The van der Waals surface area contributed by atoms with Crippen LogP contribution < -0.4 is 11.3 Å². The molecular weight excluding hydrogens is 351 g/mol. The van der Waals surface area contributed by atoms with Crippen molar-refractivity contribution in [2.75, 3.05) is 7.05 Å². The van der Waals surface area contributed by atoms with E-state index in [9.17, 15) is 9.18 Å². The molecule has 0 atom stereocenters. The lowest BCUT2D eigenvalue weighted by atomic mass is 10.2. The van der Waals surface area contributed by atoms with Crippen LogP contribution in [0.1, 0.15) is 0 Å². The molecule has 1 aromatic heterocycles. The highest BCUT2D eigenvalue weighted by molar-refractivity contribution is 7.99. The van der Waals surface area contributed by atoms with Crippen LogP contribution in [0.15, 0.2) is 80.0 Å². The van der Waals surface area contributed by atoms with Gasteiger partial charge in [0, 0.05) is 34.1 Å². The summed E-state index contributed by atoms with van der Waals surface area (Å²) < 4.78 is 15.7. The molecule has 2 aromatic carbocycles. The van der Waals surface area contributed by atoms with Crippen LogP contribution in [0.2, 0.25) is 0 Å². The first-order valence-electron chi connectivity index (χ1n) is 7.87. The van der Waals surface area contributed by atoms with Crippen LogP contribution >= 0.6 is 11.8 Å². The normalized spacial score (nSPS) is 12.2. The highest BCUT2D eigenvalue weighted by atomic mass is 32.2. The van der Waals surface area contributed by atoms with E-state index in [-0.39, 0.29) is 17.5 Å². The summed E-state index contributed by atoms with van der Waals surface area (Å²) in [6, 6.07) is 12.4. The maximum absolute atomic E-state index is 14.5. The van der Waals surface area contributed by atoms with Crippen molar-refractivity contribution in [3.05, 3.63) is 76.6 Å². The molecule has 2 N–H and O–H groups in total. The second-order valence-electron chi connectivity index (χ2n) is 5.54. The molecule has 0 saturated heterocycles. The number of allylic oxidation sites excluding steroid dienone is 2. The van der Waals surface area contributed by atoms with Crippen molar-refractivity contribution in [3.63, 3.8) is 0 Å². The molecular formula is C19H17FN4OS. The monoisotopic (exact) mass is 368 g/mol. The minimum absolute atomic E-state index is 0.114. The second-order valence-corrected chi connectivity index (χ2v) is 6.66. The Labute approximate surface area is 154 Å². The number of aromatic nitrogens is 2. The molecule has 132 valence electrons. The van der Waals surface area contributed by atoms with Gasteiger partial charge >= 0.3 is 0 Å². The van der Waals surface area contributed by atoms with Gasteiger partial charge in [-0.25, -0.2) is 9.07 Å². The number of rotatable bonds is 5. The third kappa shape index (κ3) is 4.00. The topological polar surface area (TPSA) is 73.3 Å². The van der Waals surface area contributed by atoms with Gasteiger partial charge in [-0.2, -0.15) is 5.10 Å². The lowest BCUT2D eigenvalue weighted by Crippen LogP contribution is -2.25. The highest BCUT2D eigenvalue weighted by Gasteiger charge is 2.11. The van der Waals surface area contributed by atoms with Crippen LogP contribution in [0, 0.1) is 5.82 Å². The molecule has 7 heteroatoms. The molecule has 0 saturated carbocycles. The maximum Gasteiger partial charge on any atom is 0.275 e. The Morgan fingerprint density at radius 2 is 2.12 bits per heavy atom. The summed E-state index contributed by atoms with van der Waals surface area (Å²) in [6.07, 6.45) is 4.68. The summed E-state index contributed by atoms with van der Waals surface area (Å²) >= 11 is 1.30. The number of aliphatic imine (C=N–C) groups is 1. The molecule has 3 rings (SSSR count). The van der Waals surface area contributed by atoms with Crippen LogP contribution in [0.25, 0.3) is 10.8 Å². The van der Waals surface area contributed by atoms with Gasteiger partial charge in [-0.3, -0.25) is 9.79 Å². The van der Waals surface area contributed by atoms with Crippen LogP contribution in [-0.2, 0) is 6.54 Å². The van der Waals surface area contributed by atoms with Gasteiger partial charge in [0.2, 0.25) is 0 Å². The summed E-state index contributed by atoms with van der Waals surface area (Å²) in [6.45, 7) is 0.114. The van der Waals surface area contributed by atoms with E-state index >= 15 is 0 Å². The first-order chi connectivity index (χ1) is 12.6. The predicted octanol–water partition coefficient (Wildman–Crippen LogP) is 3.23. The Morgan fingerprint density at radius 1 is 1.35 bits per heavy atom. The Balaban J connectivity index is 1.97. The van der Waals surface area contributed by atoms with Crippen molar-refractivity contribution in [1.29, 1.82) is 0 Å². The molecule has 0 aliphatic rings. The SMILES string of the molecule is CN=C/C=C(\N)Cn1ncc2cc(Sc3ccccc3)c(F)cc2c1=O. The number of fused-ring (bicyclic) bond motifs is 1. The fourth-order valence-electron chi connectivity index (χ4n) is 2.39. The number of halogens is 1. The zero-order valence-electron chi connectivity index (χ0n) is 14.1. The van der Waals surface area contributed by atoms with Crippen LogP contribution in [-0.4, -0.2) is 23.0 Å². The number of benzene rings is 2. The van der Waals surface area contributed by atoms with E-state index in [1.165, 1.54) is 28.7 Å². The molecule has 0 fully saturated rings. The first kappa shape index (κ1) is 17.9. The van der Waals surface area contributed by atoms with Crippen molar-refractivity contribution < 1.29 is 4.39 Å². The van der Waals surface area contributed by atoms with Gasteiger partial charge < -0.3 is 5.73 Å². The van der Waals surface area contributed by atoms with E-state index in [1.807, 2.05) is 30.3 Å². The zero-order chi connectivity index (χ0) is 18.5. The Kier molecular flexibility index (Phi) is 5.48. The zero-order valence-corrected chi connectivity index (χ0v) is 14.9. The number of hydrogen-bond acceptors (Lipinski definition) is 5. The second kappa shape index (κ2) is 7.97. The van der Waals surface area contributed by atoms with E-state index in [2.05, 4.69) is 10.1 Å². The number of nitrogens with two attached hydrogens (primary N) is 1. The van der Waals surface area contributed by atoms with Crippen molar-refractivity contribution in [3.8, 4) is 0 Å². The standard InChI is InChI=1S/C19H17FN4OS/c1-22-8-7-14(21)12-24-19(25)16-10-17(20)18(9-13(16)11-23-24)26-15-5-3-2-4-6-15/h2-11H,12,21H2,1H3/b14-7-,22-8?.